The molecule has 5 heteroatoms. The second-order valence-corrected chi connectivity index (χ2v) is 5.48. The lowest BCUT2D eigenvalue weighted by Crippen LogP contribution is -2.46. The molecule has 5 nitrogen and oxygen atoms in total. The Hall–Kier alpha value is -1.88. The molecule has 0 radical (unpaired) electrons. The van der Waals surface area contributed by atoms with E-state index in [0.717, 1.165) is 30.7 Å². The summed E-state index contributed by atoms with van der Waals surface area (Å²) in [5.41, 5.74) is 2.22. The Morgan fingerprint density at radius 2 is 2.15 bits per heavy atom. The standard InChI is InChI=1S/C15H20N4O/c1-18-10-11(7-8-15(18)20)16-9-13-12-5-3-4-6-14(12)19(2)17-13/h3-6,11,16H,7-10H2,1-2H3. The van der Waals surface area contributed by atoms with E-state index in [0.29, 0.717) is 12.5 Å². The van der Waals surface area contributed by atoms with Crippen LogP contribution in [0.15, 0.2) is 24.3 Å². The normalized spacial score (nSPS) is 19.8. The number of carbonyl (C=O) groups excluding carboxylic acids is 1. The van der Waals surface area contributed by atoms with Gasteiger partial charge in [0.15, 0.2) is 0 Å². The van der Waals surface area contributed by atoms with Gasteiger partial charge in [0.2, 0.25) is 5.91 Å². The molecule has 0 spiro atoms. The summed E-state index contributed by atoms with van der Waals surface area (Å²) < 4.78 is 1.92. The fourth-order valence-electron chi connectivity index (χ4n) is 2.84. The van der Waals surface area contributed by atoms with Gasteiger partial charge in [-0.15, -0.1) is 0 Å². The second-order valence-electron chi connectivity index (χ2n) is 5.48. The number of rotatable bonds is 3. The van der Waals surface area contributed by atoms with E-state index in [1.807, 2.05) is 30.9 Å². The molecule has 0 bridgehead atoms. The Morgan fingerprint density at radius 3 is 2.95 bits per heavy atom. The highest BCUT2D eigenvalue weighted by atomic mass is 16.2. The van der Waals surface area contributed by atoms with E-state index >= 15 is 0 Å². The fourth-order valence-corrected chi connectivity index (χ4v) is 2.84. The van der Waals surface area contributed by atoms with E-state index in [1.54, 1.807) is 4.90 Å². The maximum atomic E-state index is 11.5. The quantitative estimate of drug-likeness (QED) is 0.916. The predicted octanol–water partition coefficient (Wildman–Crippen LogP) is 1.28. The lowest BCUT2D eigenvalue weighted by molar-refractivity contribution is -0.132. The van der Waals surface area contributed by atoms with Crippen LogP contribution in [0.25, 0.3) is 10.9 Å². The third-order valence-electron chi connectivity index (χ3n) is 4.02. The van der Waals surface area contributed by atoms with Crippen LogP contribution in [0.5, 0.6) is 0 Å². The third-order valence-corrected chi connectivity index (χ3v) is 4.02. The van der Waals surface area contributed by atoms with Gasteiger partial charge in [-0.3, -0.25) is 9.48 Å². The zero-order valence-electron chi connectivity index (χ0n) is 12.0. The summed E-state index contributed by atoms with van der Waals surface area (Å²) in [6, 6.07) is 8.62. The smallest absolute Gasteiger partial charge is 0.222 e. The van der Waals surface area contributed by atoms with Crippen LogP contribution in [-0.2, 0) is 18.4 Å². The summed E-state index contributed by atoms with van der Waals surface area (Å²) in [7, 11) is 3.84. The van der Waals surface area contributed by atoms with Crippen LogP contribution in [0, 0.1) is 0 Å². The minimum absolute atomic E-state index is 0.242. The van der Waals surface area contributed by atoms with Crippen molar-refractivity contribution in [1.82, 2.24) is 20.0 Å². The molecular formula is C15H20N4O. The van der Waals surface area contributed by atoms with Crippen LogP contribution >= 0.6 is 0 Å². The molecule has 0 aliphatic carbocycles. The number of nitrogens with one attached hydrogen (secondary N) is 1. The largest absolute Gasteiger partial charge is 0.344 e. The van der Waals surface area contributed by atoms with Gasteiger partial charge in [-0.05, 0) is 12.5 Å². The van der Waals surface area contributed by atoms with Gasteiger partial charge < -0.3 is 10.2 Å². The van der Waals surface area contributed by atoms with Gasteiger partial charge in [0.05, 0.1) is 11.2 Å². The number of benzene rings is 1. The molecule has 2 aromatic rings. The number of likely N-dealkylation sites (tertiary alicyclic amines) is 1. The van der Waals surface area contributed by atoms with Gasteiger partial charge in [0.1, 0.15) is 0 Å². The molecule has 1 aromatic carbocycles. The van der Waals surface area contributed by atoms with Crippen molar-refractivity contribution in [2.24, 2.45) is 7.05 Å². The molecule has 20 heavy (non-hydrogen) atoms. The maximum Gasteiger partial charge on any atom is 0.222 e. The van der Waals surface area contributed by atoms with Crippen LogP contribution in [-0.4, -0.2) is 40.2 Å². The van der Waals surface area contributed by atoms with Crippen molar-refractivity contribution in [2.45, 2.75) is 25.4 Å². The monoisotopic (exact) mass is 272 g/mol. The minimum Gasteiger partial charge on any atom is -0.344 e. The van der Waals surface area contributed by atoms with Crippen molar-refractivity contribution in [3.63, 3.8) is 0 Å². The Labute approximate surface area is 118 Å². The second kappa shape index (κ2) is 5.25. The van der Waals surface area contributed by atoms with Crippen molar-refractivity contribution >= 4 is 16.8 Å². The number of piperidine rings is 1. The van der Waals surface area contributed by atoms with Crippen molar-refractivity contribution in [2.75, 3.05) is 13.6 Å². The third kappa shape index (κ3) is 2.41. The lowest BCUT2D eigenvalue weighted by atomic mass is 10.1. The van der Waals surface area contributed by atoms with Crippen molar-refractivity contribution < 1.29 is 4.79 Å². The molecule has 2 heterocycles. The average molecular weight is 272 g/mol. The Bertz CT molecular complexity index is 634. The zero-order valence-corrected chi connectivity index (χ0v) is 12.0. The first-order valence-corrected chi connectivity index (χ1v) is 7.03. The van der Waals surface area contributed by atoms with Crippen molar-refractivity contribution in [3.05, 3.63) is 30.0 Å². The highest BCUT2D eigenvalue weighted by Crippen LogP contribution is 2.18. The number of nitrogens with zero attached hydrogens (tertiary/aromatic N) is 3. The summed E-state index contributed by atoms with van der Waals surface area (Å²) in [6.07, 6.45) is 1.55. The number of likely N-dealkylation sites (N-methyl/N-ethyl adjacent to an activating group) is 1. The minimum atomic E-state index is 0.242. The van der Waals surface area contributed by atoms with Crippen molar-refractivity contribution in [1.29, 1.82) is 0 Å². The van der Waals surface area contributed by atoms with Crippen LogP contribution in [0.1, 0.15) is 18.5 Å². The summed E-state index contributed by atoms with van der Waals surface area (Å²) in [5, 5.41) is 9.30. The van der Waals surface area contributed by atoms with Crippen LogP contribution in [0.2, 0.25) is 0 Å². The first-order valence-electron chi connectivity index (χ1n) is 7.03. The van der Waals surface area contributed by atoms with Gasteiger partial charge in [0, 0.05) is 45.0 Å². The molecule has 3 rings (SSSR count). The number of fused-ring (bicyclic) bond motifs is 1. The molecule has 1 unspecified atom stereocenters. The average Bonchev–Trinajstić information content (AvgIpc) is 2.78. The molecule has 106 valence electrons. The Morgan fingerprint density at radius 1 is 1.35 bits per heavy atom. The van der Waals surface area contributed by atoms with Crippen LogP contribution < -0.4 is 5.32 Å². The lowest BCUT2D eigenvalue weighted by Gasteiger charge is -2.30. The number of carbonyl (C=O) groups is 1. The number of amides is 1. The molecular weight excluding hydrogens is 252 g/mol. The number of aryl methyl sites for hydroxylation is 1. The zero-order chi connectivity index (χ0) is 14.1. The molecule has 1 aliphatic rings. The van der Waals surface area contributed by atoms with Crippen LogP contribution in [0.4, 0.5) is 0 Å². The van der Waals surface area contributed by atoms with Crippen LogP contribution in [0.3, 0.4) is 0 Å². The van der Waals surface area contributed by atoms with E-state index < -0.39 is 0 Å². The van der Waals surface area contributed by atoms with E-state index in [2.05, 4.69) is 22.5 Å². The predicted molar refractivity (Wildman–Crippen MR) is 78.2 cm³/mol. The summed E-state index contributed by atoms with van der Waals surface area (Å²) >= 11 is 0. The molecule has 1 amide bonds. The highest BCUT2D eigenvalue weighted by molar-refractivity contribution is 5.81. The molecule has 0 saturated carbocycles. The van der Waals surface area contributed by atoms with E-state index in [-0.39, 0.29) is 5.91 Å². The summed E-state index contributed by atoms with van der Waals surface area (Å²) in [6.45, 7) is 1.53. The van der Waals surface area contributed by atoms with Gasteiger partial charge in [-0.2, -0.15) is 5.10 Å². The van der Waals surface area contributed by atoms with Gasteiger partial charge in [0.25, 0.3) is 0 Å². The molecule has 1 saturated heterocycles. The number of hydrogen-bond acceptors (Lipinski definition) is 3. The fraction of sp³-hybridized carbons (Fsp3) is 0.467. The van der Waals surface area contributed by atoms with Gasteiger partial charge in [-0.1, -0.05) is 18.2 Å². The van der Waals surface area contributed by atoms with E-state index in [9.17, 15) is 4.79 Å². The molecule has 1 aromatic heterocycles. The molecule has 1 fully saturated rings. The number of hydrogen-bond donors (Lipinski definition) is 1. The summed E-state index contributed by atoms with van der Waals surface area (Å²) in [4.78, 5) is 13.3. The van der Waals surface area contributed by atoms with E-state index in [4.69, 9.17) is 0 Å². The molecule has 1 atom stereocenters. The Kier molecular flexibility index (Phi) is 3.44. The number of aromatic nitrogens is 2. The van der Waals surface area contributed by atoms with E-state index in [1.165, 1.54) is 5.39 Å². The highest BCUT2D eigenvalue weighted by Gasteiger charge is 2.22. The molecule has 1 aliphatic heterocycles. The first-order chi connectivity index (χ1) is 9.65. The Balaban J connectivity index is 1.70. The van der Waals surface area contributed by atoms with Gasteiger partial charge >= 0.3 is 0 Å². The summed E-state index contributed by atoms with van der Waals surface area (Å²) in [5.74, 6) is 0.242. The number of para-hydroxylation sites is 1. The van der Waals surface area contributed by atoms with Gasteiger partial charge in [-0.25, -0.2) is 0 Å². The first kappa shape index (κ1) is 13.1. The van der Waals surface area contributed by atoms with Crippen molar-refractivity contribution in [3.8, 4) is 0 Å². The maximum absolute atomic E-state index is 11.5. The SMILES string of the molecule is CN1CC(NCc2nn(C)c3ccccc23)CCC1=O. The molecule has 1 N–H and O–H groups in total. The topological polar surface area (TPSA) is 50.2 Å².